The maximum absolute atomic E-state index is 13.4. The number of nitrogens with one attached hydrogen (secondary N) is 3. The predicted octanol–water partition coefficient (Wildman–Crippen LogP) is 4.94. The van der Waals surface area contributed by atoms with E-state index in [1.807, 2.05) is 0 Å². The quantitative estimate of drug-likeness (QED) is 0.257. The van der Waals surface area contributed by atoms with Gasteiger partial charge in [0.05, 0.1) is 24.6 Å². The van der Waals surface area contributed by atoms with E-state index in [-0.39, 0.29) is 21.3 Å². The van der Waals surface area contributed by atoms with E-state index in [0.717, 1.165) is 0 Å². The number of fused-ring (bicyclic) bond motifs is 3. The van der Waals surface area contributed by atoms with Crippen LogP contribution in [0.4, 0.5) is 11.4 Å². The molecule has 11 heteroatoms. The van der Waals surface area contributed by atoms with Crippen molar-refractivity contribution in [1.29, 1.82) is 0 Å². The number of anilines is 2. The van der Waals surface area contributed by atoms with Crippen LogP contribution in [0.2, 0.25) is 0 Å². The summed E-state index contributed by atoms with van der Waals surface area (Å²) in [5.74, 6) is 0.194. The van der Waals surface area contributed by atoms with Gasteiger partial charge in [-0.2, -0.15) is 0 Å². The second-order valence-electron chi connectivity index (χ2n) is 8.14. The molecule has 4 aromatic carbocycles. The van der Waals surface area contributed by atoms with Gasteiger partial charge in [0.2, 0.25) is 0 Å². The first-order chi connectivity index (χ1) is 17.7. The van der Waals surface area contributed by atoms with E-state index in [1.54, 1.807) is 66.7 Å². The van der Waals surface area contributed by atoms with Crippen LogP contribution in [0, 0.1) is 0 Å². The van der Waals surface area contributed by atoms with Crippen LogP contribution in [0.15, 0.2) is 94.7 Å². The van der Waals surface area contributed by atoms with Gasteiger partial charge in [-0.3, -0.25) is 9.44 Å². The lowest BCUT2D eigenvalue weighted by molar-refractivity contribution is 0.350. The minimum atomic E-state index is -4.11. The standard InChI is InChI=1S/C26H23N3O6S2/c1-34-25-23(37(32,33)29-18-11-7-4-8-12-18)16-21-20-15-19(13-14-22(20)27-24(21)26(25)35-2)36(30,31)28-17-9-5-3-6-10-17/h3-16,27-29H,1-2H3. The first-order valence-electron chi connectivity index (χ1n) is 11.1. The van der Waals surface area contributed by atoms with Gasteiger partial charge in [-0.25, -0.2) is 16.8 Å². The highest BCUT2D eigenvalue weighted by atomic mass is 32.2. The molecule has 1 aromatic heterocycles. The van der Waals surface area contributed by atoms with E-state index in [0.29, 0.717) is 33.2 Å². The number of hydrogen-bond acceptors (Lipinski definition) is 6. The minimum Gasteiger partial charge on any atom is -0.491 e. The Hall–Kier alpha value is -4.22. The van der Waals surface area contributed by atoms with E-state index in [2.05, 4.69) is 14.4 Å². The molecule has 0 aliphatic carbocycles. The summed E-state index contributed by atoms with van der Waals surface area (Å²) >= 11 is 0. The van der Waals surface area contributed by atoms with Crippen molar-refractivity contribution >= 4 is 53.2 Å². The van der Waals surface area contributed by atoms with Crippen LogP contribution < -0.4 is 18.9 Å². The first-order valence-corrected chi connectivity index (χ1v) is 14.1. The average molecular weight is 538 g/mol. The maximum atomic E-state index is 13.4. The molecule has 0 bridgehead atoms. The van der Waals surface area contributed by atoms with Crippen LogP contribution in [0.5, 0.6) is 11.5 Å². The second kappa shape index (κ2) is 9.34. The molecule has 0 unspecified atom stereocenters. The van der Waals surface area contributed by atoms with Crippen LogP contribution in [0.1, 0.15) is 0 Å². The molecule has 1 heterocycles. The normalized spacial score (nSPS) is 11.9. The number of sulfonamides is 2. The van der Waals surface area contributed by atoms with Gasteiger partial charge < -0.3 is 14.5 Å². The molecule has 9 nitrogen and oxygen atoms in total. The smallest absolute Gasteiger partial charge is 0.265 e. The summed E-state index contributed by atoms with van der Waals surface area (Å²) in [4.78, 5) is 3.06. The van der Waals surface area contributed by atoms with E-state index < -0.39 is 20.0 Å². The van der Waals surface area contributed by atoms with Crippen LogP contribution in [0.25, 0.3) is 21.8 Å². The van der Waals surface area contributed by atoms with Gasteiger partial charge in [0.1, 0.15) is 4.90 Å². The Morgan fingerprint density at radius 2 is 1.22 bits per heavy atom. The first kappa shape index (κ1) is 24.5. The molecule has 0 radical (unpaired) electrons. The summed E-state index contributed by atoms with van der Waals surface area (Å²) < 4.78 is 69.1. The van der Waals surface area contributed by atoms with Crippen LogP contribution in [-0.4, -0.2) is 36.0 Å². The fourth-order valence-electron chi connectivity index (χ4n) is 4.13. The van der Waals surface area contributed by atoms with E-state index in [1.165, 1.54) is 32.4 Å². The van der Waals surface area contributed by atoms with Crippen molar-refractivity contribution in [1.82, 2.24) is 4.98 Å². The molecule has 5 rings (SSSR count). The van der Waals surface area contributed by atoms with Crippen LogP contribution >= 0.6 is 0 Å². The Morgan fingerprint density at radius 3 is 1.78 bits per heavy atom. The molecule has 0 aliphatic rings. The predicted molar refractivity (Wildman–Crippen MR) is 143 cm³/mol. The van der Waals surface area contributed by atoms with Gasteiger partial charge in [0, 0.05) is 27.7 Å². The zero-order valence-electron chi connectivity index (χ0n) is 19.8. The molecular formula is C26H23N3O6S2. The molecule has 3 N–H and O–H groups in total. The third-order valence-corrected chi connectivity index (χ3v) is 8.57. The molecule has 0 spiro atoms. The third-order valence-electron chi connectivity index (χ3n) is 5.80. The molecule has 0 atom stereocenters. The Bertz CT molecular complexity index is 1820. The van der Waals surface area contributed by atoms with Gasteiger partial charge in [-0.05, 0) is 48.5 Å². The summed E-state index contributed by atoms with van der Waals surface area (Å²) in [7, 11) is -5.25. The zero-order valence-corrected chi connectivity index (χ0v) is 21.5. The lowest BCUT2D eigenvalue weighted by Gasteiger charge is -2.15. The van der Waals surface area contributed by atoms with Crippen molar-refractivity contribution in [3.05, 3.63) is 84.9 Å². The third kappa shape index (κ3) is 4.54. The molecule has 190 valence electrons. The van der Waals surface area contributed by atoms with Gasteiger partial charge in [-0.15, -0.1) is 0 Å². The summed E-state index contributed by atoms with van der Waals surface area (Å²) in [6.07, 6.45) is 0. The number of methoxy groups -OCH3 is 2. The van der Waals surface area contributed by atoms with E-state index in [9.17, 15) is 16.8 Å². The number of ether oxygens (including phenoxy) is 2. The summed E-state index contributed by atoms with van der Waals surface area (Å²) in [5.41, 5.74) is 1.87. The molecule has 0 amide bonds. The van der Waals surface area contributed by atoms with Gasteiger partial charge in [0.25, 0.3) is 20.0 Å². The average Bonchev–Trinajstić information content (AvgIpc) is 3.26. The Morgan fingerprint density at radius 1 is 0.649 bits per heavy atom. The number of benzene rings is 4. The molecule has 37 heavy (non-hydrogen) atoms. The van der Waals surface area contributed by atoms with E-state index in [4.69, 9.17) is 9.47 Å². The van der Waals surface area contributed by atoms with Crippen molar-refractivity contribution in [3.8, 4) is 11.5 Å². The van der Waals surface area contributed by atoms with Crippen molar-refractivity contribution < 1.29 is 26.3 Å². The highest BCUT2D eigenvalue weighted by Crippen LogP contribution is 2.44. The van der Waals surface area contributed by atoms with Gasteiger partial charge in [-0.1, -0.05) is 36.4 Å². The monoisotopic (exact) mass is 537 g/mol. The molecule has 0 saturated heterocycles. The maximum Gasteiger partial charge on any atom is 0.265 e. The number of para-hydroxylation sites is 2. The lowest BCUT2D eigenvalue weighted by Crippen LogP contribution is -2.14. The summed E-state index contributed by atoms with van der Waals surface area (Å²) in [5, 5.41) is 0.959. The number of H-pyrrole nitrogens is 1. The highest BCUT2D eigenvalue weighted by molar-refractivity contribution is 7.93. The van der Waals surface area contributed by atoms with E-state index >= 15 is 0 Å². The molecular weight excluding hydrogens is 514 g/mol. The SMILES string of the molecule is COc1c(S(=O)(=O)Nc2ccccc2)cc2c([nH]c3ccc(S(=O)(=O)Nc4ccccc4)cc32)c1OC. The Labute approximate surface area is 214 Å². The summed E-state index contributed by atoms with van der Waals surface area (Å²) in [6.45, 7) is 0. The second-order valence-corrected chi connectivity index (χ2v) is 11.5. The number of aromatic nitrogens is 1. The molecule has 0 aliphatic heterocycles. The minimum absolute atomic E-state index is 0.0172. The van der Waals surface area contributed by atoms with Gasteiger partial charge >= 0.3 is 0 Å². The van der Waals surface area contributed by atoms with Crippen molar-refractivity contribution in [2.75, 3.05) is 23.7 Å². The fourth-order valence-corrected chi connectivity index (χ4v) is 6.47. The van der Waals surface area contributed by atoms with Crippen molar-refractivity contribution in [2.24, 2.45) is 0 Å². The highest BCUT2D eigenvalue weighted by Gasteiger charge is 2.27. The lowest BCUT2D eigenvalue weighted by atomic mass is 10.1. The fraction of sp³-hybridized carbons (Fsp3) is 0.0769. The largest absolute Gasteiger partial charge is 0.491 e. The van der Waals surface area contributed by atoms with Crippen molar-refractivity contribution in [2.45, 2.75) is 9.79 Å². The van der Waals surface area contributed by atoms with Crippen LogP contribution in [-0.2, 0) is 20.0 Å². The summed E-state index contributed by atoms with van der Waals surface area (Å²) in [6, 6.07) is 23.0. The van der Waals surface area contributed by atoms with Crippen molar-refractivity contribution in [3.63, 3.8) is 0 Å². The number of aromatic amines is 1. The van der Waals surface area contributed by atoms with Gasteiger partial charge in [0.15, 0.2) is 11.5 Å². The Kier molecular flexibility index (Phi) is 6.18. The Balaban J connectivity index is 1.69. The topological polar surface area (TPSA) is 127 Å². The molecule has 5 aromatic rings. The zero-order chi connectivity index (χ0) is 26.2. The molecule has 0 fully saturated rings. The number of hydrogen-bond donors (Lipinski definition) is 3. The number of rotatable bonds is 8. The van der Waals surface area contributed by atoms with Crippen LogP contribution in [0.3, 0.4) is 0 Å². The molecule has 0 saturated carbocycles.